The molecule has 2 aliphatic rings. The third-order valence-electron chi connectivity index (χ3n) is 6.53. The fourth-order valence-corrected chi connectivity index (χ4v) is 8.59. The minimum Gasteiger partial charge on any atom is -0.223 e. The average molecular weight is 510 g/mol. The van der Waals surface area contributed by atoms with Gasteiger partial charge in [-0.1, -0.05) is 0 Å². The highest BCUT2D eigenvalue weighted by Gasteiger charge is 2.54. The Morgan fingerprint density at radius 1 is 1.00 bits per heavy atom. The van der Waals surface area contributed by atoms with Crippen molar-refractivity contribution in [3.63, 3.8) is 0 Å². The lowest BCUT2D eigenvalue weighted by Gasteiger charge is -2.46. The van der Waals surface area contributed by atoms with Crippen LogP contribution in [-0.4, -0.2) is 28.6 Å². The second-order valence-corrected chi connectivity index (χ2v) is 12.6. The van der Waals surface area contributed by atoms with Gasteiger partial charge < -0.3 is 0 Å². The Labute approximate surface area is 188 Å². The summed E-state index contributed by atoms with van der Waals surface area (Å²) in [5, 5.41) is 0. The highest BCUT2D eigenvalue weighted by atomic mass is 32.2. The monoisotopic (exact) mass is 509 g/mol. The molecule has 33 heavy (non-hydrogen) atoms. The molecule has 3 atom stereocenters. The zero-order valence-corrected chi connectivity index (χ0v) is 18.7. The molecule has 1 saturated carbocycles. The van der Waals surface area contributed by atoms with Gasteiger partial charge in [0.2, 0.25) is 10.0 Å². The molecule has 4 rings (SSSR count). The molecule has 1 saturated heterocycles. The van der Waals surface area contributed by atoms with Gasteiger partial charge in [-0.2, -0.15) is 13.2 Å². The van der Waals surface area contributed by atoms with E-state index in [9.17, 15) is 38.8 Å². The van der Waals surface area contributed by atoms with Gasteiger partial charge in [-0.25, -0.2) is 30.3 Å². The molecular weight excluding hydrogens is 489 g/mol. The Bertz CT molecular complexity index is 1280. The number of sulfonamides is 1. The molecule has 2 fully saturated rings. The number of halogens is 5. The number of sulfone groups is 1. The molecule has 0 aromatic heterocycles. The molecular formula is C21H20F5NO4S2. The topological polar surface area (TPSA) is 80.3 Å². The zero-order chi connectivity index (χ0) is 24.2. The van der Waals surface area contributed by atoms with E-state index in [1.807, 2.05) is 0 Å². The predicted molar refractivity (Wildman–Crippen MR) is 109 cm³/mol. The number of hydrogen-bond donors (Lipinski definition) is 1. The van der Waals surface area contributed by atoms with Crippen LogP contribution in [0.25, 0.3) is 0 Å². The van der Waals surface area contributed by atoms with E-state index in [0.29, 0.717) is 12.1 Å². The third kappa shape index (κ3) is 4.28. The Hall–Kier alpha value is -2.05. The van der Waals surface area contributed by atoms with E-state index in [2.05, 4.69) is 4.72 Å². The maximum atomic E-state index is 14.9. The van der Waals surface area contributed by atoms with Crippen molar-refractivity contribution in [2.75, 3.05) is 5.75 Å². The second kappa shape index (κ2) is 8.02. The smallest absolute Gasteiger partial charge is 0.223 e. The number of benzene rings is 2. The molecule has 3 unspecified atom stereocenters. The van der Waals surface area contributed by atoms with Crippen molar-refractivity contribution in [3.8, 4) is 0 Å². The van der Waals surface area contributed by atoms with Crippen molar-refractivity contribution in [1.29, 1.82) is 0 Å². The molecule has 1 aliphatic carbocycles. The van der Waals surface area contributed by atoms with E-state index in [0.717, 1.165) is 30.3 Å². The van der Waals surface area contributed by atoms with Crippen LogP contribution >= 0.6 is 0 Å². The van der Waals surface area contributed by atoms with Gasteiger partial charge in [-0.05, 0) is 74.1 Å². The molecule has 2 aromatic carbocycles. The second-order valence-electron chi connectivity index (χ2n) is 8.48. The van der Waals surface area contributed by atoms with Crippen LogP contribution in [0.2, 0.25) is 0 Å². The Kier molecular flexibility index (Phi) is 5.85. The lowest BCUT2D eigenvalue weighted by Crippen LogP contribution is -2.54. The molecule has 2 aromatic rings. The maximum Gasteiger partial charge on any atom is 0.416 e. The first kappa shape index (κ1) is 24.1. The van der Waals surface area contributed by atoms with E-state index in [4.69, 9.17) is 0 Å². The first-order chi connectivity index (χ1) is 15.3. The van der Waals surface area contributed by atoms with Crippen molar-refractivity contribution >= 4 is 19.9 Å². The molecule has 180 valence electrons. The summed E-state index contributed by atoms with van der Waals surface area (Å²) in [4.78, 5) is -0.450. The maximum absolute atomic E-state index is 14.9. The van der Waals surface area contributed by atoms with Gasteiger partial charge in [-0.3, -0.25) is 0 Å². The molecule has 12 heteroatoms. The van der Waals surface area contributed by atoms with Crippen LogP contribution in [0.15, 0.2) is 47.4 Å². The van der Waals surface area contributed by atoms with E-state index < -0.39 is 70.4 Å². The van der Waals surface area contributed by atoms with Gasteiger partial charge in [0.25, 0.3) is 0 Å². The summed E-state index contributed by atoms with van der Waals surface area (Å²) in [6.45, 7) is 0. The van der Waals surface area contributed by atoms with Crippen LogP contribution in [0.3, 0.4) is 0 Å². The quantitative estimate of drug-likeness (QED) is 0.631. The number of hydrogen-bond acceptors (Lipinski definition) is 4. The van der Waals surface area contributed by atoms with Gasteiger partial charge in [0.15, 0.2) is 9.84 Å². The lowest BCUT2D eigenvalue weighted by molar-refractivity contribution is -0.137. The molecule has 5 nitrogen and oxygen atoms in total. The molecule has 0 amide bonds. The summed E-state index contributed by atoms with van der Waals surface area (Å²) in [6.07, 6.45) is -4.95. The van der Waals surface area contributed by atoms with Crippen molar-refractivity contribution in [2.45, 2.75) is 47.5 Å². The minimum absolute atomic E-state index is 0.0414. The fraction of sp³-hybridized carbons (Fsp3) is 0.429. The SMILES string of the molecule is O=S1(=O)CCC2CC(c3cc(F)ccc3F)(S(=O)(=O)c3ccc(C(F)(F)F)cc3)CCC2N1. The predicted octanol–water partition coefficient (Wildman–Crippen LogP) is 4.14. The van der Waals surface area contributed by atoms with E-state index >= 15 is 0 Å². The molecule has 0 radical (unpaired) electrons. The molecule has 1 aliphatic heterocycles. The summed E-state index contributed by atoms with van der Waals surface area (Å²) < 4.78 is 120. The molecule has 1 N–H and O–H groups in total. The average Bonchev–Trinajstić information content (AvgIpc) is 2.74. The zero-order valence-electron chi connectivity index (χ0n) is 17.1. The standard InChI is InChI=1S/C21H20F5NO4S2/c22-15-3-6-18(23)17(11-15)20(9-7-19-13(12-20)8-10-32(28,29)27-19)33(30,31)16-4-1-14(2-5-16)21(24,25)26/h1-6,11,13,19,27H,7-10,12H2. The van der Waals surface area contributed by atoms with Gasteiger partial charge in [0.05, 0.1) is 16.2 Å². The first-order valence-corrected chi connectivity index (χ1v) is 13.3. The van der Waals surface area contributed by atoms with Crippen molar-refractivity contribution in [3.05, 3.63) is 65.2 Å². The summed E-state index contributed by atoms with van der Waals surface area (Å²) in [7, 11) is -8.03. The van der Waals surface area contributed by atoms with Gasteiger partial charge in [0, 0.05) is 11.6 Å². The summed E-state index contributed by atoms with van der Waals surface area (Å²) in [5.74, 6) is -2.54. The normalized spacial score (nSPS) is 27.7. The largest absolute Gasteiger partial charge is 0.416 e. The van der Waals surface area contributed by atoms with Crippen LogP contribution in [0, 0.1) is 17.6 Å². The minimum atomic E-state index is -4.67. The van der Waals surface area contributed by atoms with Gasteiger partial charge in [0.1, 0.15) is 16.4 Å². The Morgan fingerprint density at radius 3 is 2.30 bits per heavy atom. The number of rotatable bonds is 3. The van der Waals surface area contributed by atoms with Crippen LogP contribution in [0.5, 0.6) is 0 Å². The summed E-state index contributed by atoms with van der Waals surface area (Å²) in [6, 6.07) is 4.77. The lowest BCUT2D eigenvalue weighted by atomic mass is 9.73. The highest BCUT2D eigenvalue weighted by molar-refractivity contribution is 7.92. The summed E-state index contributed by atoms with van der Waals surface area (Å²) >= 11 is 0. The molecule has 0 bridgehead atoms. The van der Waals surface area contributed by atoms with E-state index in [1.54, 1.807) is 0 Å². The fourth-order valence-electron chi connectivity index (χ4n) is 4.88. The van der Waals surface area contributed by atoms with Gasteiger partial charge >= 0.3 is 6.18 Å². The van der Waals surface area contributed by atoms with Crippen molar-refractivity contribution < 1.29 is 38.8 Å². The first-order valence-electron chi connectivity index (χ1n) is 10.1. The van der Waals surface area contributed by atoms with Gasteiger partial charge in [-0.15, -0.1) is 0 Å². The van der Waals surface area contributed by atoms with Crippen LogP contribution in [0.4, 0.5) is 22.0 Å². The van der Waals surface area contributed by atoms with Crippen molar-refractivity contribution in [1.82, 2.24) is 4.72 Å². The number of nitrogens with one attached hydrogen (secondary N) is 1. The van der Waals surface area contributed by atoms with Crippen molar-refractivity contribution in [2.24, 2.45) is 5.92 Å². The van der Waals surface area contributed by atoms with E-state index in [-0.39, 0.29) is 31.4 Å². The van der Waals surface area contributed by atoms with Crippen LogP contribution < -0.4 is 4.72 Å². The van der Waals surface area contributed by atoms with E-state index in [1.165, 1.54) is 0 Å². The third-order valence-corrected chi connectivity index (χ3v) is 10.5. The summed E-state index contributed by atoms with van der Waals surface area (Å²) in [5.41, 5.74) is -1.45. The van der Waals surface area contributed by atoms with Crippen LogP contribution in [0.1, 0.15) is 36.8 Å². The highest BCUT2D eigenvalue weighted by Crippen LogP contribution is 2.51. The molecule has 1 heterocycles. The Morgan fingerprint density at radius 2 is 1.67 bits per heavy atom. The number of fused-ring (bicyclic) bond motifs is 1. The number of alkyl halides is 3. The van der Waals surface area contributed by atoms with Crippen LogP contribution in [-0.2, 0) is 30.8 Å². The Balaban J connectivity index is 1.84. The molecule has 0 spiro atoms.